The third-order valence-electron chi connectivity index (χ3n) is 2.35. The lowest BCUT2D eigenvalue weighted by atomic mass is 10.1. The van der Waals surface area contributed by atoms with Crippen molar-refractivity contribution in [2.45, 2.75) is 18.6 Å². The Morgan fingerprint density at radius 2 is 1.71 bits per heavy atom. The molecule has 0 spiro atoms. The second-order valence-electron chi connectivity index (χ2n) is 3.64. The molecule has 0 saturated heterocycles. The fourth-order valence-electron chi connectivity index (χ4n) is 1.27. The van der Waals surface area contributed by atoms with Gasteiger partial charge in [0.2, 0.25) is 0 Å². The number of alkyl halides is 3. The molecular weight excluding hydrogens is 253 g/mol. The first-order chi connectivity index (χ1) is 7.74. The van der Waals surface area contributed by atoms with Crippen LogP contribution in [0.5, 0.6) is 0 Å². The molecule has 0 fully saturated rings. The van der Waals surface area contributed by atoms with Crippen LogP contribution in [-0.2, 0) is 17.0 Å². The van der Waals surface area contributed by atoms with Gasteiger partial charge in [0.25, 0.3) is 0 Å². The van der Waals surface area contributed by atoms with Crippen LogP contribution in [-0.4, -0.2) is 25.5 Å². The van der Waals surface area contributed by atoms with Crippen molar-refractivity contribution in [3.8, 4) is 0 Å². The van der Waals surface area contributed by atoms with Crippen molar-refractivity contribution in [1.29, 1.82) is 0 Å². The number of rotatable bonds is 4. The van der Waals surface area contributed by atoms with E-state index in [2.05, 4.69) is 4.43 Å². The van der Waals surface area contributed by atoms with Crippen molar-refractivity contribution in [1.82, 2.24) is 0 Å². The SMILES string of the molecule is CO[Si](O)(O)CCc1ccc(C(F)(F)F)cc1. The van der Waals surface area contributed by atoms with Crippen molar-refractivity contribution in [2.24, 2.45) is 0 Å². The molecule has 2 N–H and O–H groups in total. The first kappa shape index (κ1) is 14.2. The van der Waals surface area contributed by atoms with E-state index in [4.69, 9.17) is 0 Å². The van der Waals surface area contributed by atoms with E-state index >= 15 is 0 Å². The summed E-state index contributed by atoms with van der Waals surface area (Å²) in [6.07, 6.45) is -4.08. The summed E-state index contributed by atoms with van der Waals surface area (Å²) >= 11 is 0. The summed E-state index contributed by atoms with van der Waals surface area (Å²) in [6.45, 7) is 0. The van der Waals surface area contributed by atoms with E-state index in [1.807, 2.05) is 0 Å². The van der Waals surface area contributed by atoms with Gasteiger partial charge < -0.3 is 14.0 Å². The average molecular weight is 266 g/mol. The summed E-state index contributed by atoms with van der Waals surface area (Å²) in [7, 11) is -2.44. The molecule has 7 heteroatoms. The van der Waals surface area contributed by atoms with Gasteiger partial charge in [0.15, 0.2) is 0 Å². The molecule has 0 aliphatic carbocycles. The zero-order chi connectivity index (χ0) is 13.1. The Morgan fingerprint density at radius 1 is 1.18 bits per heavy atom. The van der Waals surface area contributed by atoms with Gasteiger partial charge in [0.1, 0.15) is 0 Å². The van der Waals surface area contributed by atoms with Crippen molar-refractivity contribution in [2.75, 3.05) is 7.11 Å². The molecule has 0 atom stereocenters. The molecule has 96 valence electrons. The minimum atomic E-state index is -4.35. The van der Waals surface area contributed by atoms with E-state index in [0.29, 0.717) is 5.56 Å². The lowest BCUT2D eigenvalue weighted by molar-refractivity contribution is -0.137. The standard InChI is InChI=1S/C10H13F3O3Si/c1-16-17(14,15)7-6-8-2-4-9(5-3-8)10(11,12)13/h2-5,14-15H,6-7H2,1H3. The molecule has 1 rings (SSSR count). The second kappa shape index (κ2) is 5.17. The first-order valence-electron chi connectivity index (χ1n) is 4.91. The molecule has 17 heavy (non-hydrogen) atoms. The molecule has 0 bridgehead atoms. The Labute approximate surface area is 97.8 Å². The zero-order valence-electron chi connectivity index (χ0n) is 9.16. The van der Waals surface area contributed by atoms with Crippen LogP contribution in [0.4, 0.5) is 13.2 Å². The van der Waals surface area contributed by atoms with Crippen LogP contribution in [0.3, 0.4) is 0 Å². The van der Waals surface area contributed by atoms with Crippen molar-refractivity contribution >= 4 is 8.80 Å². The van der Waals surface area contributed by atoms with Crippen LogP contribution in [0.25, 0.3) is 0 Å². The highest BCUT2D eigenvalue weighted by Crippen LogP contribution is 2.29. The van der Waals surface area contributed by atoms with E-state index in [1.165, 1.54) is 19.2 Å². The molecule has 0 aliphatic heterocycles. The average Bonchev–Trinajstić information content (AvgIpc) is 2.26. The molecule has 0 unspecified atom stereocenters. The van der Waals surface area contributed by atoms with E-state index in [9.17, 15) is 22.8 Å². The minimum Gasteiger partial charge on any atom is -0.390 e. The highest BCUT2D eigenvalue weighted by Gasteiger charge is 2.31. The fourth-order valence-corrected chi connectivity index (χ4v) is 2.09. The predicted octanol–water partition coefficient (Wildman–Crippen LogP) is 1.82. The number of hydrogen-bond acceptors (Lipinski definition) is 3. The maximum atomic E-state index is 12.3. The van der Waals surface area contributed by atoms with Gasteiger partial charge in [-0.1, -0.05) is 12.1 Å². The lowest BCUT2D eigenvalue weighted by Crippen LogP contribution is -2.37. The summed E-state index contributed by atoms with van der Waals surface area (Å²) in [4.78, 5) is 18.5. The Balaban J connectivity index is 2.64. The highest BCUT2D eigenvalue weighted by atomic mass is 28.4. The smallest absolute Gasteiger partial charge is 0.390 e. The largest absolute Gasteiger partial charge is 0.495 e. The van der Waals surface area contributed by atoms with Crippen LogP contribution in [0, 0.1) is 0 Å². The lowest BCUT2D eigenvalue weighted by Gasteiger charge is -2.14. The van der Waals surface area contributed by atoms with Gasteiger partial charge in [-0.3, -0.25) is 0 Å². The Hall–Kier alpha value is -0.893. The summed E-state index contributed by atoms with van der Waals surface area (Å²) < 4.78 is 41.3. The molecule has 3 nitrogen and oxygen atoms in total. The van der Waals surface area contributed by atoms with E-state index in [0.717, 1.165) is 12.1 Å². The summed E-state index contributed by atoms with van der Waals surface area (Å²) in [5.41, 5.74) is -0.112. The van der Waals surface area contributed by atoms with E-state index < -0.39 is 20.5 Å². The molecular formula is C10H13F3O3Si. The van der Waals surface area contributed by atoms with Crippen LogP contribution >= 0.6 is 0 Å². The summed E-state index contributed by atoms with van der Waals surface area (Å²) in [5, 5.41) is 0. The normalized spacial score (nSPS) is 12.8. The monoisotopic (exact) mass is 266 g/mol. The van der Waals surface area contributed by atoms with Crippen LogP contribution in [0.2, 0.25) is 6.04 Å². The van der Waals surface area contributed by atoms with Gasteiger partial charge in [-0.25, -0.2) is 0 Å². The Bertz CT molecular complexity index is 362. The van der Waals surface area contributed by atoms with Gasteiger partial charge in [0, 0.05) is 13.2 Å². The maximum absolute atomic E-state index is 12.3. The Morgan fingerprint density at radius 3 is 2.12 bits per heavy atom. The number of hydrogen-bond donors (Lipinski definition) is 2. The van der Waals surface area contributed by atoms with Crippen LogP contribution in [0.1, 0.15) is 11.1 Å². The molecule has 1 aromatic carbocycles. The van der Waals surface area contributed by atoms with Gasteiger partial charge in [-0.05, 0) is 24.1 Å². The molecule has 0 aliphatic rings. The maximum Gasteiger partial charge on any atom is 0.495 e. The zero-order valence-corrected chi connectivity index (χ0v) is 10.2. The van der Waals surface area contributed by atoms with Gasteiger partial charge in [-0.15, -0.1) is 0 Å². The molecule has 0 aromatic heterocycles. The molecule has 0 amide bonds. The van der Waals surface area contributed by atoms with Crippen molar-refractivity contribution in [3.05, 3.63) is 35.4 Å². The van der Waals surface area contributed by atoms with Crippen molar-refractivity contribution in [3.63, 3.8) is 0 Å². The van der Waals surface area contributed by atoms with Gasteiger partial charge in [-0.2, -0.15) is 13.2 Å². The van der Waals surface area contributed by atoms with E-state index in [-0.39, 0.29) is 12.5 Å². The second-order valence-corrected chi connectivity index (χ2v) is 6.04. The fraction of sp³-hybridized carbons (Fsp3) is 0.400. The molecule has 0 heterocycles. The van der Waals surface area contributed by atoms with E-state index in [1.54, 1.807) is 0 Å². The molecule has 0 radical (unpaired) electrons. The predicted molar refractivity (Wildman–Crippen MR) is 57.2 cm³/mol. The minimum absolute atomic E-state index is 0.0227. The number of benzene rings is 1. The number of aryl methyl sites for hydroxylation is 1. The highest BCUT2D eigenvalue weighted by molar-refractivity contribution is 6.57. The van der Waals surface area contributed by atoms with Crippen LogP contribution in [0.15, 0.2) is 24.3 Å². The third-order valence-corrected chi connectivity index (χ3v) is 3.90. The molecule has 1 aromatic rings. The quantitative estimate of drug-likeness (QED) is 0.817. The Kier molecular flexibility index (Phi) is 4.31. The van der Waals surface area contributed by atoms with Gasteiger partial charge in [0.05, 0.1) is 5.56 Å². The first-order valence-corrected chi connectivity index (χ1v) is 6.91. The summed E-state index contributed by atoms with van der Waals surface area (Å²) in [5.74, 6) is 0. The number of halogens is 3. The van der Waals surface area contributed by atoms with Crippen LogP contribution < -0.4 is 0 Å². The summed E-state index contributed by atoms with van der Waals surface area (Å²) in [6, 6.07) is 4.61. The topological polar surface area (TPSA) is 49.7 Å². The third kappa shape index (κ3) is 4.47. The molecule has 0 saturated carbocycles. The van der Waals surface area contributed by atoms with Gasteiger partial charge >= 0.3 is 15.0 Å². The van der Waals surface area contributed by atoms with Crippen molar-refractivity contribution < 1.29 is 27.2 Å².